The molecule has 2 heterocycles. The van der Waals surface area contributed by atoms with Crippen molar-refractivity contribution in [3.8, 4) is 0 Å². The van der Waals surface area contributed by atoms with E-state index < -0.39 is 0 Å². The summed E-state index contributed by atoms with van der Waals surface area (Å²) in [7, 11) is 0. The molecule has 0 nitrogen and oxygen atoms in total. The second-order valence-electron chi connectivity index (χ2n) is 2.31. The van der Waals surface area contributed by atoms with Crippen molar-refractivity contribution in [3.63, 3.8) is 0 Å². The van der Waals surface area contributed by atoms with Crippen LogP contribution in [-0.4, -0.2) is 11.5 Å². The van der Waals surface area contributed by atoms with Crippen LogP contribution in [0.5, 0.6) is 0 Å². The predicted octanol–water partition coefficient (Wildman–Crippen LogP) is 5.01. The summed E-state index contributed by atoms with van der Waals surface area (Å²) in [5.74, 6) is 2.05. The Morgan fingerprint density at radius 1 is 1.14 bits per heavy atom. The molecule has 0 aromatic rings. The van der Waals surface area contributed by atoms with Crippen LogP contribution in [0.15, 0.2) is 28.9 Å². The molecule has 2 aliphatic heterocycles. The third-order valence-electron chi connectivity index (χ3n) is 1.36. The van der Waals surface area contributed by atoms with Gasteiger partial charge >= 0.3 is 0 Å². The average Bonchev–Trinajstić information content (AvgIpc) is 2.85. The summed E-state index contributed by atoms with van der Waals surface area (Å²) in [5, 5.41) is 6.54. The molecule has 6 heteroatoms. The number of hydrogen-bond donors (Lipinski definition) is 1. The van der Waals surface area contributed by atoms with Gasteiger partial charge in [0.2, 0.25) is 0 Å². The van der Waals surface area contributed by atoms with Crippen LogP contribution in [-0.2, 0) is 0 Å². The standard InChI is InChI=1S/C8H8S6/c9-1-2-10-6-5-13-8(14-6)7-11-3-4-12-7/h3-5,9H,1-2H2. The van der Waals surface area contributed by atoms with E-state index in [1.165, 1.54) is 12.7 Å². The molecular weight excluding hydrogens is 288 g/mol. The molecule has 0 unspecified atom stereocenters. The first-order chi connectivity index (χ1) is 6.90. The highest BCUT2D eigenvalue weighted by atomic mass is 32.2. The lowest BCUT2D eigenvalue weighted by molar-refractivity contribution is 1.58. The van der Waals surface area contributed by atoms with Crippen LogP contribution in [0.1, 0.15) is 0 Å². The van der Waals surface area contributed by atoms with E-state index in [0.717, 1.165) is 11.5 Å². The summed E-state index contributed by atoms with van der Waals surface area (Å²) >= 11 is 13.5. The molecule has 0 spiro atoms. The Balaban J connectivity index is 1.88. The Morgan fingerprint density at radius 2 is 1.93 bits per heavy atom. The summed E-state index contributed by atoms with van der Waals surface area (Å²) in [6, 6.07) is 0. The average molecular weight is 297 g/mol. The van der Waals surface area contributed by atoms with Crippen molar-refractivity contribution in [1.82, 2.24) is 0 Å². The topological polar surface area (TPSA) is 0 Å². The van der Waals surface area contributed by atoms with Gasteiger partial charge in [-0.1, -0.05) is 47.0 Å². The highest BCUT2D eigenvalue weighted by Crippen LogP contribution is 2.55. The second kappa shape index (κ2) is 6.15. The quantitative estimate of drug-likeness (QED) is 0.725. The Hall–Kier alpha value is 1.32. The molecule has 0 radical (unpaired) electrons. The molecular formula is C8H8S6. The van der Waals surface area contributed by atoms with Gasteiger partial charge in [-0.05, 0) is 22.0 Å². The molecule has 14 heavy (non-hydrogen) atoms. The van der Waals surface area contributed by atoms with Crippen LogP contribution in [0.2, 0.25) is 0 Å². The summed E-state index contributed by atoms with van der Waals surface area (Å²) in [5.41, 5.74) is 0. The zero-order valence-electron chi connectivity index (χ0n) is 7.13. The van der Waals surface area contributed by atoms with Crippen molar-refractivity contribution in [1.29, 1.82) is 0 Å². The summed E-state index contributed by atoms with van der Waals surface area (Å²) in [4.78, 5) is 0. The Bertz CT molecular complexity index is 293. The Labute approximate surface area is 111 Å². The monoisotopic (exact) mass is 296 g/mol. The van der Waals surface area contributed by atoms with Crippen LogP contribution >= 0.6 is 71.4 Å². The Morgan fingerprint density at radius 3 is 2.64 bits per heavy atom. The van der Waals surface area contributed by atoms with Crippen molar-refractivity contribution >= 4 is 71.4 Å². The maximum atomic E-state index is 4.21. The molecule has 0 saturated heterocycles. The van der Waals surface area contributed by atoms with Crippen LogP contribution in [0.25, 0.3) is 0 Å². The lowest BCUT2D eigenvalue weighted by atomic mass is 11.0. The van der Waals surface area contributed by atoms with Gasteiger partial charge in [0.15, 0.2) is 0 Å². The maximum Gasteiger partial charge on any atom is 0.0705 e. The second-order valence-corrected chi connectivity index (χ2v) is 8.43. The first-order valence-electron chi connectivity index (χ1n) is 3.91. The minimum absolute atomic E-state index is 0.949. The van der Waals surface area contributed by atoms with Gasteiger partial charge in [-0.3, -0.25) is 0 Å². The van der Waals surface area contributed by atoms with Gasteiger partial charge in [-0.2, -0.15) is 12.6 Å². The molecule has 0 N–H and O–H groups in total. The van der Waals surface area contributed by atoms with E-state index in [-0.39, 0.29) is 0 Å². The van der Waals surface area contributed by atoms with E-state index in [9.17, 15) is 0 Å². The van der Waals surface area contributed by atoms with Gasteiger partial charge in [0, 0.05) is 5.75 Å². The van der Waals surface area contributed by atoms with Crippen LogP contribution in [0.4, 0.5) is 0 Å². The van der Waals surface area contributed by atoms with Gasteiger partial charge < -0.3 is 0 Å². The lowest BCUT2D eigenvalue weighted by Gasteiger charge is -2.01. The van der Waals surface area contributed by atoms with Crippen molar-refractivity contribution in [2.75, 3.05) is 11.5 Å². The minimum atomic E-state index is 0.949. The molecule has 0 aromatic heterocycles. The molecule has 0 atom stereocenters. The van der Waals surface area contributed by atoms with Crippen LogP contribution in [0, 0.1) is 0 Å². The summed E-state index contributed by atoms with van der Waals surface area (Å²) < 4.78 is 4.28. The summed E-state index contributed by atoms with van der Waals surface area (Å²) in [6.45, 7) is 0. The number of thioether (sulfide) groups is 5. The summed E-state index contributed by atoms with van der Waals surface area (Å²) in [6.07, 6.45) is 0. The molecule has 2 aliphatic rings. The Kier molecular flexibility index (Phi) is 5.18. The van der Waals surface area contributed by atoms with Crippen LogP contribution in [0.3, 0.4) is 0 Å². The van der Waals surface area contributed by atoms with Gasteiger partial charge in [0.05, 0.1) is 12.7 Å². The molecule has 0 amide bonds. The largest absolute Gasteiger partial charge is 0.178 e. The highest BCUT2D eigenvalue weighted by Gasteiger charge is 2.18. The fraction of sp³-hybridized carbons (Fsp3) is 0.250. The van der Waals surface area contributed by atoms with Crippen LogP contribution < -0.4 is 0 Å². The smallest absolute Gasteiger partial charge is 0.0705 e. The van der Waals surface area contributed by atoms with E-state index in [1.54, 1.807) is 0 Å². The highest BCUT2D eigenvalue weighted by molar-refractivity contribution is 8.37. The normalized spacial score (nSPS) is 20.8. The molecule has 0 aromatic carbocycles. The molecule has 0 saturated carbocycles. The van der Waals surface area contributed by atoms with Crippen molar-refractivity contribution in [2.24, 2.45) is 0 Å². The molecule has 76 valence electrons. The van der Waals surface area contributed by atoms with Crippen molar-refractivity contribution < 1.29 is 0 Å². The van der Waals surface area contributed by atoms with Gasteiger partial charge in [0.1, 0.15) is 0 Å². The fourth-order valence-electron chi connectivity index (χ4n) is 0.844. The van der Waals surface area contributed by atoms with E-state index in [1.807, 2.05) is 58.8 Å². The third-order valence-corrected chi connectivity index (χ3v) is 8.27. The molecule has 0 aliphatic carbocycles. The van der Waals surface area contributed by atoms with E-state index in [0.29, 0.717) is 0 Å². The maximum absolute atomic E-state index is 4.21. The number of hydrogen-bond acceptors (Lipinski definition) is 6. The molecule has 0 bridgehead atoms. The van der Waals surface area contributed by atoms with E-state index in [4.69, 9.17) is 0 Å². The van der Waals surface area contributed by atoms with Gasteiger partial charge in [-0.25, -0.2) is 0 Å². The minimum Gasteiger partial charge on any atom is -0.178 e. The third kappa shape index (κ3) is 3.15. The molecule has 0 fully saturated rings. The van der Waals surface area contributed by atoms with Gasteiger partial charge in [0.25, 0.3) is 0 Å². The van der Waals surface area contributed by atoms with Crippen molar-refractivity contribution in [2.45, 2.75) is 0 Å². The lowest BCUT2D eigenvalue weighted by Crippen LogP contribution is -1.76. The van der Waals surface area contributed by atoms with Crippen molar-refractivity contribution in [3.05, 3.63) is 28.9 Å². The zero-order valence-corrected chi connectivity index (χ0v) is 12.1. The van der Waals surface area contributed by atoms with Gasteiger partial charge in [-0.15, -0.1) is 11.8 Å². The first-order valence-corrected chi connectivity index (χ1v) is 8.98. The number of rotatable bonds is 3. The zero-order chi connectivity index (χ0) is 9.80. The SMILES string of the molecule is SCCSC1=CSC(=C2SC=CS2)S1. The predicted molar refractivity (Wildman–Crippen MR) is 80.9 cm³/mol. The van der Waals surface area contributed by atoms with E-state index in [2.05, 4.69) is 28.9 Å². The molecule has 2 rings (SSSR count). The fourth-order valence-corrected chi connectivity index (χ4v) is 6.78. The van der Waals surface area contributed by atoms with E-state index >= 15 is 0 Å². The number of thiol groups is 1. The first kappa shape index (κ1) is 11.8.